The Bertz CT molecular complexity index is 1250. The van der Waals surface area contributed by atoms with Crippen molar-refractivity contribution in [1.29, 1.82) is 0 Å². The summed E-state index contributed by atoms with van der Waals surface area (Å²) in [5, 5.41) is 19.8. The first kappa shape index (κ1) is 18.1. The summed E-state index contributed by atoms with van der Waals surface area (Å²) in [7, 11) is 0. The van der Waals surface area contributed by atoms with Crippen LogP contribution in [0.2, 0.25) is 0 Å². The predicted octanol–water partition coefficient (Wildman–Crippen LogP) is 2.74. The van der Waals surface area contributed by atoms with Crippen LogP contribution in [-0.2, 0) is 0 Å². The van der Waals surface area contributed by atoms with Crippen LogP contribution in [0.25, 0.3) is 33.5 Å². The minimum Gasteiger partial charge on any atom is -0.454 e. The fourth-order valence-corrected chi connectivity index (χ4v) is 3.42. The van der Waals surface area contributed by atoms with Gasteiger partial charge in [-0.1, -0.05) is 12.1 Å². The lowest BCUT2D eigenvalue weighted by Gasteiger charge is -2.06. The van der Waals surface area contributed by atoms with Gasteiger partial charge >= 0.3 is 0 Å². The SMILES string of the molecule is O=C(NCCO)c1cccc(-c2ccc3c(-c4ccc5c(c4)OCO5)[nH]nc3n2)c1. The molecule has 0 aliphatic carbocycles. The topological polar surface area (TPSA) is 109 Å². The van der Waals surface area contributed by atoms with E-state index in [-0.39, 0.29) is 25.9 Å². The maximum Gasteiger partial charge on any atom is 0.251 e. The fourth-order valence-electron chi connectivity index (χ4n) is 3.42. The zero-order valence-corrected chi connectivity index (χ0v) is 15.9. The zero-order valence-electron chi connectivity index (χ0n) is 15.9. The van der Waals surface area contributed by atoms with Gasteiger partial charge in [0.2, 0.25) is 6.79 Å². The van der Waals surface area contributed by atoms with Gasteiger partial charge in [-0.25, -0.2) is 4.98 Å². The van der Waals surface area contributed by atoms with E-state index in [4.69, 9.17) is 14.6 Å². The molecule has 0 fully saturated rings. The molecule has 1 aliphatic heterocycles. The third-order valence-electron chi connectivity index (χ3n) is 4.90. The summed E-state index contributed by atoms with van der Waals surface area (Å²) in [6.45, 7) is 0.336. The van der Waals surface area contributed by atoms with Crippen molar-refractivity contribution in [3.63, 3.8) is 0 Å². The first-order chi connectivity index (χ1) is 14.7. The third-order valence-corrected chi connectivity index (χ3v) is 4.90. The van der Waals surface area contributed by atoms with Crippen LogP contribution in [0.1, 0.15) is 10.4 Å². The summed E-state index contributed by atoms with van der Waals surface area (Å²) >= 11 is 0. The van der Waals surface area contributed by atoms with Gasteiger partial charge < -0.3 is 19.9 Å². The van der Waals surface area contributed by atoms with Crippen molar-refractivity contribution in [2.75, 3.05) is 19.9 Å². The molecule has 3 N–H and O–H groups in total. The van der Waals surface area contributed by atoms with Crippen molar-refractivity contribution >= 4 is 16.9 Å². The molecule has 0 spiro atoms. The van der Waals surface area contributed by atoms with E-state index in [9.17, 15) is 4.79 Å². The number of hydrogen-bond donors (Lipinski definition) is 3. The highest BCUT2D eigenvalue weighted by Gasteiger charge is 2.17. The van der Waals surface area contributed by atoms with Crippen LogP contribution in [0.5, 0.6) is 11.5 Å². The first-order valence-electron chi connectivity index (χ1n) is 9.47. The molecule has 0 saturated carbocycles. The molecule has 4 aromatic rings. The predicted molar refractivity (Wildman–Crippen MR) is 110 cm³/mol. The van der Waals surface area contributed by atoms with Crippen molar-refractivity contribution in [1.82, 2.24) is 20.5 Å². The lowest BCUT2D eigenvalue weighted by molar-refractivity contribution is 0.0945. The molecule has 30 heavy (non-hydrogen) atoms. The number of benzene rings is 2. The molecule has 3 heterocycles. The summed E-state index contributed by atoms with van der Waals surface area (Å²) in [6, 6.07) is 16.8. The highest BCUT2D eigenvalue weighted by molar-refractivity contribution is 5.96. The number of carbonyl (C=O) groups excluding carboxylic acids is 1. The Morgan fingerprint density at radius 3 is 2.87 bits per heavy atom. The largest absolute Gasteiger partial charge is 0.454 e. The van der Waals surface area contributed by atoms with E-state index in [0.29, 0.717) is 22.7 Å². The number of pyridine rings is 1. The molecule has 8 heteroatoms. The van der Waals surface area contributed by atoms with Crippen molar-refractivity contribution in [2.24, 2.45) is 0 Å². The van der Waals surface area contributed by atoms with E-state index in [0.717, 1.165) is 28.0 Å². The fraction of sp³-hybridized carbons (Fsp3) is 0.136. The molecule has 0 radical (unpaired) electrons. The number of carbonyl (C=O) groups is 1. The van der Waals surface area contributed by atoms with Crippen LogP contribution in [0.15, 0.2) is 54.6 Å². The number of rotatable bonds is 5. The highest BCUT2D eigenvalue weighted by Crippen LogP contribution is 2.37. The minimum atomic E-state index is -0.239. The molecule has 1 amide bonds. The van der Waals surface area contributed by atoms with Crippen LogP contribution in [0.4, 0.5) is 0 Å². The van der Waals surface area contributed by atoms with Crippen LogP contribution in [0, 0.1) is 0 Å². The van der Waals surface area contributed by atoms with Gasteiger partial charge in [0.25, 0.3) is 5.91 Å². The standard InChI is InChI=1S/C22H18N4O4/c27-9-8-23-22(28)15-3-1-2-13(10-15)17-6-5-16-20(25-26-21(16)24-17)14-4-7-18-19(11-14)30-12-29-18/h1-7,10-11,27H,8-9,12H2,(H,23,28)(H,24,25,26). The van der Waals surface area contributed by atoms with Gasteiger partial charge in [0, 0.05) is 28.6 Å². The Balaban J connectivity index is 1.48. The monoisotopic (exact) mass is 402 g/mol. The second kappa shape index (κ2) is 7.49. The molecular weight excluding hydrogens is 384 g/mol. The van der Waals surface area contributed by atoms with Crippen LogP contribution in [0.3, 0.4) is 0 Å². The van der Waals surface area contributed by atoms with Crippen molar-refractivity contribution in [3.8, 4) is 34.0 Å². The summed E-state index contributed by atoms with van der Waals surface area (Å²) in [6.07, 6.45) is 0. The highest BCUT2D eigenvalue weighted by atomic mass is 16.7. The van der Waals surface area contributed by atoms with E-state index in [1.54, 1.807) is 18.2 Å². The molecule has 1 aliphatic rings. The number of nitrogens with zero attached hydrogens (tertiary/aromatic N) is 2. The number of ether oxygens (including phenoxy) is 2. The normalized spacial score (nSPS) is 12.3. The second-order valence-corrected chi connectivity index (χ2v) is 6.79. The summed E-state index contributed by atoms with van der Waals surface area (Å²) in [4.78, 5) is 16.8. The van der Waals surface area contributed by atoms with Gasteiger partial charge in [-0.15, -0.1) is 0 Å². The smallest absolute Gasteiger partial charge is 0.251 e. The number of aliphatic hydroxyl groups is 1. The molecule has 0 unspecified atom stereocenters. The molecule has 8 nitrogen and oxygen atoms in total. The lowest BCUT2D eigenvalue weighted by atomic mass is 10.1. The van der Waals surface area contributed by atoms with Crippen LogP contribution in [-0.4, -0.2) is 46.1 Å². The zero-order chi connectivity index (χ0) is 20.5. The van der Waals surface area contributed by atoms with Gasteiger partial charge in [-0.3, -0.25) is 9.89 Å². The van der Waals surface area contributed by atoms with E-state index in [1.165, 1.54) is 0 Å². The number of aliphatic hydroxyl groups excluding tert-OH is 1. The molecule has 5 rings (SSSR count). The summed E-state index contributed by atoms with van der Waals surface area (Å²) in [5.74, 6) is 1.19. The van der Waals surface area contributed by atoms with Crippen LogP contribution >= 0.6 is 0 Å². The average molecular weight is 402 g/mol. The maximum atomic E-state index is 12.2. The van der Waals surface area contributed by atoms with E-state index >= 15 is 0 Å². The Hall–Kier alpha value is -3.91. The van der Waals surface area contributed by atoms with Crippen LogP contribution < -0.4 is 14.8 Å². The maximum absolute atomic E-state index is 12.2. The lowest BCUT2D eigenvalue weighted by Crippen LogP contribution is -2.26. The molecule has 150 valence electrons. The Morgan fingerprint density at radius 2 is 1.97 bits per heavy atom. The molecule has 0 saturated heterocycles. The average Bonchev–Trinajstić information content (AvgIpc) is 3.43. The number of aromatic amines is 1. The Morgan fingerprint density at radius 1 is 1.07 bits per heavy atom. The Kier molecular flexibility index (Phi) is 4.53. The number of amides is 1. The van der Waals surface area contributed by atoms with Crippen molar-refractivity contribution in [2.45, 2.75) is 0 Å². The number of nitrogens with one attached hydrogen (secondary N) is 2. The van der Waals surface area contributed by atoms with E-state index < -0.39 is 0 Å². The van der Waals surface area contributed by atoms with E-state index in [1.807, 2.05) is 36.4 Å². The van der Waals surface area contributed by atoms with Crippen molar-refractivity contribution in [3.05, 3.63) is 60.2 Å². The first-order valence-corrected chi connectivity index (χ1v) is 9.47. The number of hydrogen-bond acceptors (Lipinski definition) is 6. The van der Waals surface area contributed by atoms with E-state index in [2.05, 4.69) is 20.5 Å². The number of H-pyrrole nitrogens is 1. The summed E-state index contributed by atoms with van der Waals surface area (Å²) < 4.78 is 10.8. The van der Waals surface area contributed by atoms with Crippen molar-refractivity contribution < 1.29 is 19.4 Å². The van der Waals surface area contributed by atoms with Gasteiger partial charge in [0.1, 0.15) is 0 Å². The number of fused-ring (bicyclic) bond motifs is 2. The van der Waals surface area contributed by atoms with Gasteiger partial charge in [0.05, 0.1) is 18.0 Å². The van der Waals surface area contributed by atoms with Gasteiger partial charge in [-0.05, 0) is 42.5 Å². The minimum absolute atomic E-state index is 0.103. The Labute approximate surface area is 171 Å². The quantitative estimate of drug-likeness (QED) is 0.474. The van der Waals surface area contributed by atoms with Gasteiger partial charge in [0.15, 0.2) is 17.1 Å². The molecule has 0 atom stereocenters. The molecule has 2 aromatic carbocycles. The second-order valence-electron chi connectivity index (χ2n) is 6.79. The molecular formula is C22H18N4O4. The third kappa shape index (κ3) is 3.23. The number of aromatic nitrogens is 3. The molecule has 0 bridgehead atoms. The van der Waals surface area contributed by atoms with Gasteiger partial charge in [-0.2, -0.15) is 5.10 Å². The summed E-state index contributed by atoms with van der Waals surface area (Å²) in [5.41, 5.74) is 4.38. The molecule has 2 aromatic heterocycles.